The van der Waals surface area contributed by atoms with Crippen LogP contribution < -0.4 is 5.32 Å². The molecule has 2 heterocycles. The summed E-state index contributed by atoms with van der Waals surface area (Å²) in [5, 5.41) is 13.9. The van der Waals surface area contributed by atoms with E-state index in [0.29, 0.717) is 5.75 Å². The van der Waals surface area contributed by atoms with Crippen molar-refractivity contribution in [2.24, 2.45) is 0 Å². The van der Waals surface area contributed by atoms with E-state index in [-0.39, 0.29) is 0 Å². The van der Waals surface area contributed by atoms with Crippen molar-refractivity contribution in [2.75, 3.05) is 11.9 Å². The van der Waals surface area contributed by atoms with Crippen LogP contribution in [0, 0.1) is 20.8 Å². The lowest BCUT2D eigenvalue weighted by Crippen LogP contribution is -2.08. The minimum Gasteiger partial charge on any atom is -0.508 e. The first-order valence-corrected chi connectivity index (χ1v) is 8.12. The second kappa shape index (κ2) is 5.93. The van der Waals surface area contributed by atoms with Crippen LogP contribution in [0.4, 0.5) is 5.82 Å². The second-order valence-electron chi connectivity index (χ2n) is 5.43. The van der Waals surface area contributed by atoms with E-state index in [9.17, 15) is 5.11 Å². The Morgan fingerprint density at radius 2 is 1.82 bits per heavy atom. The molecule has 0 aliphatic carbocycles. The minimum atomic E-state index is 0.300. The molecule has 0 saturated heterocycles. The molecular formula is C17H19N3OS. The normalized spacial score (nSPS) is 11.0. The fraction of sp³-hybridized carbons (Fsp3) is 0.294. The molecule has 0 fully saturated rings. The number of aryl methyl sites for hydroxylation is 3. The van der Waals surface area contributed by atoms with Crippen molar-refractivity contribution in [3.8, 4) is 5.75 Å². The van der Waals surface area contributed by atoms with Gasteiger partial charge in [-0.25, -0.2) is 9.97 Å². The zero-order chi connectivity index (χ0) is 15.7. The maximum absolute atomic E-state index is 9.31. The Balaban J connectivity index is 1.80. The Kier molecular flexibility index (Phi) is 3.98. The lowest BCUT2D eigenvalue weighted by atomic mass is 10.1. The van der Waals surface area contributed by atoms with E-state index >= 15 is 0 Å². The van der Waals surface area contributed by atoms with Gasteiger partial charge in [-0.3, -0.25) is 0 Å². The number of aromatic nitrogens is 2. The van der Waals surface area contributed by atoms with Gasteiger partial charge in [-0.05, 0) is 50.5 Å². The summed E-state index contributed by atoms with van der Waals surface area (Å²) in [7, 11) is 0. The van der Waals surface area contributed by atoms with Crippen molar-refractivity contribution < 1.29 is 5.11 Å². The molecule has 2 aromatic heterocycles. The summed E-state index contributed by atoms with van der Waals surface area (Å²) in [5.74, 6) is 2.01. The predicted molar refractivity (Wildman–Crippen MR) is 91.9 cm³/mol. The number of benzene rings is 1. The number of hydrogen-bond donors (Lipinski definition) is 2. The summed E-state index contributed by atoms with van der Waals surface area (Å²) in [6, 6.07) is 7.32. The average molecular weight is 313 g/mol. The molecule has 0 unspecified atom stereocenters. The van der Waals surface area contributed by atoms with Gasteiger partial charge >= 0.3 is 0 Å². The SMILES string of the molecule is Cc1nc(NCCc2ccc(O)cc2)c2c(C)c(C)sc2n1. The van der Waals surface area contributed by atoms with E-state index in [2.05, 4.69) is 29.1 Å². The number of anilines is 1. The lowest BCUT2D eigenvalue weighted by molar-refractivity contribution is 0.475. The van der Waals surface area contributed by atoms with Gasteiger partial charge in [0.2, 0.25) is 0 Å². The Morgan fingerprint density at radius 1 is 1.09 bits per heavy atom. The fourth-order valence-electron chi connectivity index (χ4n) is 2.47. The zero-order valence-corrected chi connectivity index (χ0v) is 13.8. The molecule has 22 heavy (non-hydrogen) atoms. The van der Waals surface area contributed by atoms with Crippen LogP contribution in [0.3, 0.4) is 0 Å². The number of phenolic OH excluding ortho intramolecular Hbond substituents is 1. The molecule has 0 radical (unpaired) electrons. The van der Waals surface area contributed by atoms with Crippen LogP contribution in [-0.2, 0) is 6.42 Å². The molecule has 5 heteroatoms. The summed E-state index contributed by atoms with van der Waals surface area (Å²) < 4.78 is 0. The molecule has 114 valence electrons. The molecule has 3 aromatic rings. The van der Waals surface area contributed by atoms with Crippen LogP contribution in [0.1, 0.15) is 21.8 Å². The van der Waals surface area contributed by atoms with Gasteiger partial charge in [-0.1, -0.05) is 12.1 Å². The summed E-state index contributed by atoms with van der Waals surface area (Å²) in [5.41, 5.74) is 2.44. The highest BCUT2D eigenvalue weighted by Crippen LogP contribution is 2.33. The highest BCUT2D eigenvalue weighted by atomic mass is 32.1. The van der Waals surface area contributed by atoms with Crippen molar-refractivity contribution in [1.29, 1.82) is 0 Å². The van der Waals surface area contributed by atoms with Crippen molar-refractivity contribution in [1.82, 2.24) is 9.97 Å². The second-order valence-corrected chi connectivity index (χ2v) is 6.63. The van der Waals surface area contributed by atoms with E-state index in [4.69, 9.17) is 0 Å². The largest absolute Gasteiger partial charge is 0.508 e. The Labute approximate surface area is 133 Å². The van der Waals surface area contributed by atoms with E-state index in [0.717, 1.165) is 34.8 Å². The van der Waals surface area contributed by atoms with Crippen molar-refractivity contribution in [3.05, 3.63) is 46.1 Å². The van der Waals surface area contributed by atoms with Crippen LogP contribution >= 0.6 is 11.3 Å². The number of nitrogens with zero attached hydrogens (tertiary/aromatic N) is 2. The zero-order valence-electron chi connectivity index (χ0n) is 13.0. The fourth-order valence-corrected chi connectivity index (χ4v) is 3.55. The smallest absolute Gasteiger partial charge is 0.138 e. The summed E-state index contributed by atoms with van der Waals surface area (Å²) in [6.07, 6.45) is 0.882. The molecule has 0 aliphatic heterocycles. The molecule has 0 bridgehead atoms. The predicted octanol–water partition coefficient (Wildman–Crippen LogP) is 3.98. The van der Waals surface area contributed by atoms with Crippen molar-refractivity contribution >= 4 is 27.4 Å². The molecule has 0 saturated carbocycles. The quantitative estimate of drug-likeness (QED) is 0.765. The number of fused-ring (bicyclic) bond motifs is 1. The number of aromatic hydroxyl groups is 1. The van der Waals surface area contributed by atoms with E-state index in [1.165, 1.54) is 16.0 Å². The van der Waals surface area contributed by atoms with Gasteiger partial charge in [0.15, 0.2) is 0 Å². The first kappa shape index (κ1) is 14.8. The molecule has 4 nitrogen and oxygen atoms in total. The minimum absolute atomic E-state index is 0.300. The summed E-state index contributed by atoms with van der Waals surface area (Å²) in [4.78, 5) is 11.4. The number of hydrogen-bond acceptors (Lipinski definition) is 5. The topological polar surface area (TPSA) is 58.0 Å². The van der Waals surface area contributed by atoms with Gasteiger partial charge in [0, 0.05) is 11.4 Å². The van der Waals surface area contributed by atoms with Crippen LogP contribution in [0.15, 0.2) is 24.3 Å². The number of phenols is 1. The van der Waals surface area contributed by atoms with Crippen LogP contribution in [-0.4, -0.2) is 21.6 Å². The van der Waals surface area contributed by atoms with Gasteiger partial charge in [0.05, 0.1) is 5.39 Å². The molecule has 0 spiro atoms. The van der Waals surface area contributed by atoms with Crippen molar-refractivity contribution in [2.45, 2.75) is 27.2 Å². The third-order valence-corrected chi connectivity index (χ3v) is 4.88. The van der Waals surface area contributed by atoms with E-state index in [1.54, 1.807) is 23.5 Å². The summed E-state index contributed by atoms with van der Waals surface area (Å²) in [6.45, 7) is 6.97. The number of nitrogens with one attached hydrogen (secondary N) is 1. The maximum atomic E-state index is 9.31. The monoisotopic (exact) mass is 313 g/mol. The van der Waals surface area contributed by atoms with Crippen LogP contribution in [0.5, 0.6) is 5.75 Å². The molecule has 3 rings (SSSR count). The highest BCUT2D eigenvalue weighted by Gasteiger charge is 2.12. The lowest BCUT2D eigenvalue weighted by Gasteiger charge is -2.09. The number of rotatable bonds is 4. The molecule has 0 aliphatic rings. The highest BCUT2D eigenvalue weighted by molar-refractivity contribution is 7.18. The van der Waals surface area contributed by atoms with Crippen molar-refractivity contribution in [3.63, 3.8) is 0 Å². The van der Waals surface area contributed by atoms with E-state index in [1.807, 2.05) is 19.1 Å². The summed E-state index contributed by atoms with van der Waals surface area (Å²) >= 11 is 1.72. The Hall–Kier alpha value is -2.14. The molecule has 0 atom stereocenters. The maximum Gasteiger partial charge on any atom is 0.138 e. The van der Waals surface area contributed by atoms with Gasteiger partial charge < -0.3 is 10.4 Å². The van der Waals surface area contributed by atoms with Gasteiger partial charge in [-0.15, -0.1) is 11.3 Å². The molecular weight excluding hydrogens is 294 g/mol. The van der Waals surface area contributed by atoms with Crippen LogP contribution in [0.2, 0.25) is 0 Å². The van der Waals surface area contributed by atoms with Crippen LogP contribution in [0.25, 0.3) is 10.2 Å². The molecule has 1 aromatic carbocycles. The first-order valence-electron chi connectivity index (χ1n) is 7.30. The Bertz CT molecular complexity index is 809. The average Bonchev–Trinajstić information content (AvgIpc) is 2.76. The third kappa shape index (κ3) is 2.90. The third-order valence-electron chi connectivity index (χ3n) is 3.78. The standard InChI is InChI=1S/C17H19N3OS/c1-10-11(2)22-17-15(10)16(19-12(3)20-17)18-9-8-13-4-6-14(21)7-5-13/h4-7,21H,8-9H2,1-3H3,(H,18,19,20). The van der Waals surface area contributed by atoms with E-state index < -0.39 is 0 Å². The molecule has 2 N–H and O–H groups in total. The Morgan fingerprint density at radius 3 is 2.55 bits per heavy atom. The van der Waals surface area contributed by atoms with Gasteiger partial charge in [0.25, 0.3) is 0 Å². The molecule has 0 amide bonds. The van der Waals surface area contributed by atoms with Gasteiger partial charge in [0.1, 0.15) is 22.2 Å². The first-order chi connectivity index (χ1) is 10.5. The van der Waals surface area contributed by atoms with Gasteiger partial charge in [-0.2, -0.15) is 0 Å². The number of thiophene rings is 1.